The molecule has 0 fully saturated rings. The number of primary amides is 1. The van der Waals surface area contributed by atoms with Crippen LogP contribution in [0, 0.1) is 0 Å². The smallest absolute Gasteiger partial charge is 0.219 e. The molecule has 3 rings (SSSR count). The van der Waals surface area contributed by atoms with E-state index in [4.69, 9.17) is 5.73 Å². The summed E-state index contributed by atoms with van der Waals surface area (Å²) >= 11 is 0. The first kappa shape index (κ1) is 12.5. The van der Waals surface area contributed by atoms with Gasteiger partial charge in [0.15, 0.2) is 0 Å². The predicted octanol–water partition coefficient (Wildman–Crippen LogP) is 3.18. The highest BCUT2D eigenvalue weighted by Gasteiger charge is 2.10. The van der Waals surface area contributed by atoms with Crippen LogP contribution < -0.4 is 5.73 Å². The summed E-state index contributed by atoms with van der Waals surface area (Å²) in [4.78, 5) is 11.1. The lowest BCUT2D eigenvalue weighted by molar-refractivity contribution is -0.118. The quantitative estimate of drug-likeness (QED) is 0.773. The molecule has 2 aromatic carbocycles. The van der Waals surface area contributed by atoms with Crippen molar-refractivity contribution >= 4 is 16.8 Å². The summed E-state index contributed by atoms with van der Waals surface area (Å²) < 4.78 is 2.16. The Bertz CT molecular complexity index is 744. The summed E-state index contributed by atoms with van der Waals surface area (Å²) in [5.41, 5.74) is 8.69. The molecule has 1 amide bonds. The van der Waals surface area contributed by atoms with Crippen molar-refractivity contribution in [3.05, 3.63) is 60.7 Å². The van der Waals surface area contributed by atoms with Gasteiger partial charge in [-0.1, -0.05) is 48.5 Å². The van der Waals surface area contributed by atoms with Gasteiger partial charge in [0.05, 0.1) is 0 Å². The monoisotopic (exact) mass is 264 g/mol. The third-order valence-corrected chi connectivity index (χ3v) is 3.46. The first-order valence-electron chi connectivity index (χ1n) is 6.68. The zero-order valence-electron chi connectivity index (χ0n) is 11.1. The van der Waals surface area contributed by atoms with Crippen molar-refractivity contribution < 1.29 is 4.79 Å². The largest absolute Gasteiger partial charge is 0.370 e. The third kappa shape index (κ3) is 2.30. The number of aromatic nitrogens is 1. The standard InChI is InChI=1S/C17H16N2O/c18-17(20)10-11-19-15-9-5-4-8-14(15)12-16(19)13-6-2-1-3-7-13/h1-9,12H,10-11H2,(H2,18,20). The average Bonchev–Trinajstić information content (AvgIpc) is 2.84. The normalized spacial score (nSPS) is 10.8. The van der Waals surface area contributed by atoms with Gasteiger partial charge in [-0.15, -0.1) is 0 Å². The lowest BCUT2D eigenvalue weighted by Crippen LogP contribution is -2.14. The lowest BCUT2D eigenvalue weighted by atomic mass is 10.1. The Hall–Kier alpha value is -2.55. The highest BCUT2D eigenvalue weighted by molar-refractivity contribution is 5.87. The Morgan fingerprint density at radius 1 is 1.00 bits per heavy atom. The van der Waals surface area contributed by atoms with Gasteiger partial charge >= 0.3 is 0 Å². The van der Waals surface area contributed by atoms with Gasteiger partial charge in [-0.05, 0) is 17.7 Å². The van der Waals surface area contributed by atoms with E-state index >= 15 is 0 Å². The molecular formula is C17H16N2O. The molecule has 0 aliphatic rings. The Balaban J connectivity index is 2.15. The Morgan fingerprint density at radius 3 is 2.45 bits per heavy atom. The topological polar surface area (TPSA) is 48.0 Å². The SMILES string of the molecule is NC(=O)CCn1c(-c2ccccc2)cc2ccccc21. The fourth-order valence-electron chi connectivity index (χ4n) is 2.52. The molecule has 2 N–H and O–H groups in total. The van der Waals surface area contributed by atoms with Gasteiger partial charge < -0.3 is 10.3 Å². The molecule has 0 radical (unpaired) electrons. The van der Waals surface area contributed by atoms with Crippen LogP contribution in [0.4, 0.5) is 0 Å². The summed E-state index contributed by atoms with van der Waals surface area (Å²) in [6.07, 6.45) is 0.346. The van der Waals surface area contributed by atoms with Gasteiger partial charge in [-0.3, -0.25) is 4.79 Å². The van der Waals surface area contributed by atoms with Crippen LogP contribution in [0.3, 0.4) is 0 Å². The molecule has 0 spiro atoms. The number of carbonyl (C=O) groups is 1. The van der Waals surface area contributed by atoms with Crippen LogP contribution in [0.2, 0.25) is 0 Å². The van der Waals surface area contributed by atoms with Gasteiger partial charge in [0.25, 0.3) is 0 Å². The molecule has 0 saturated heterocycles. The molecule has 3 aromatic rings. The highest BCUT2D eigenvalue weighted by atomic mass is 16.1. The van der Waals surface area contributed by atoms with E-state index in [1.807, 2.05) is 30.3 Å². The molecule has 20 heavy (non-hydrogen) atoms. The van der Waals surface area contributed by atoms with Gasteiger partial charge in [0.2, 0.25) is 5.91 Å². The first-order chi connectivity index (χ1) is 9.75. The molecule has 0 aliphatic carbocycles. The zero-order chi connectivity index (χ0) is 13.9. The van der Waals surface area contributed by atoms with Crippen LogP contribution in [0.25, 0.3) is 22.2 Å². The van der Waals surface area contributed by atoms with Crippen LogP contribution in [-0.4, -0.2) is 10.5 Å². The summed E-state index contributed by atoms with van der Waals surface area (Å²) in [6, 6.07) is 20.5. The molecule has 0 atom stereocenters. The van der Waals surface area contributed by atoms with E-state index < -0.39 is 0 Å². The molecule has 0 unspecified atom stereocenters. The van der Waals surface area contributed by atoms with Crippen LogP contribution in [0.1, 0.15) is 6.42 Å². The number of hydrogen-bond donors (Lipinski definition) is 1. The highest BCUT2D eigenvalue weighted by Crippen LogP contribution is 2.28. The second-order valence-corrected chi connectivity index (χ2v) is 4.82. The van der Waals surface area contributed by atoms with E-state index in [0.29, 0.717) is 13.0 Å². The Morgan fingerprint density at radius 2 is 1.70 bits per heavy atom. The summed E-state index contributed by atoms with van der Waals surface area (Å²) in [5, 5.41) is 1.18. The second kappa shape index (κ2) is 5.21. The minimum atomic E-state index is -0.276. The van der Waals surface area contributed by atoms with E-state index in [2.05, 4.69) is 34.9 Å². The minimum Gasteiger partial charge on any atom is -0.370 e. The average molecular weight is 264 g/mol. The number of amides is 1. The van der Waals surface area contributed by atoms with Crippen molar-refractivity contribution in [2.45, 2.75) is 13.0 Å². The molecule has 1 aromatic heterocycles. The van der Waals surface area contributed by atoms with E-state index in [1.165, 1.54) is 5.39 Å². The molecule has 3 heteroatoms. The summed E-state index contributed by atoms with van der Waals surface area (Å²) in [7, 11) is 0. The third-order valence-electron chi connectivity index (χ3n) is 3.46. The molecule has 3 nitrogen and oxygen atoms in total. The van der Waals surface area contributed by atoms with Crippen LogP contribution in [0.15, 0.2) is 60.7 Å². The first-order valence-corrected chi connectivity index (χ1v) is 6.68. The summed E-state index contributed by atoms with van der Waals surface area (Å²) in [6.45, 7) is 0.604. The van der Waals surface area contributed by atoms with Crippen molar-refractivity contribution in [1.82, 2.24) is 4.57 Å². The van der Waals surface area contributed by atoms with Gasteiger partial charge in [-0.2, -0.15) is 0 Å². The number of benzene rings is 2. The molecule has 0 saturated carbocycles. The molecular weight excluding hydrogens is 248 g/mol. The maximum atomic E-state index is 11.1. The van der Waals surface area contributed by atoms with Crippen LogP contribution in [-0.2, 0) is 11.3 Å². The maximum Gasteiger partial charge on any atom is 0.219 e. The van der Waals surface area contributed by atoms with Crippen LogP contribution >= 0.6 is 0 Å². The van der Waals surface area contributed by atoms with Crippen molar-refractivity contribution in [2.75, 3.05) is 0 Å². The number of nitrogens with two attached hydrogens (primary N) is 1. The number of aryl methyl sites for hydroxylation is 1. The van der Waals surface area contributed by atoms with Gasteiger partial charge in [-0.25, -0.2) is 0 Å². The van der Waals surface area contributed by atoms with E-state index in [1.54, 1.807) is 0 Å². The van der Waals surface area contributed by atoms with Crippen molar-refractivity contribution in [2.24, 2.45) is 5.73 Å². The number of carbonyl (C=O) groups excluding carboxylic acids is 1. The fraction of sp³-hybridized carbons (Fsp3) is 0.118. The molecule has 1 heterocycles. The number of rotatable bonds is 4. The van der Waals surface area contributed by atoms with E-state index in [9.17, 15) is 4.79 Å². The predicted molar refractivity (Wildman–Crippen MR) is 81.2 cm³/mol. The number of hydrogen-bond acceptors (Lipinski definition) is 1. The summed E-state index contributed by atoms with van der Waals surface area (Å²) in [5.74, 6) is -0.276. The fourth-order valence-corrected chi connectivity index (χ4v) is 2.52. The molecule has 0 bridgehead atoms. The second-order valence-electron chi connectivity index (χ2n) is 4.82. The van der Waals surface area contributed by atoms with Gasteiger partial charge in [0, 0.05) is 29.6 Å². The zero-order valence-corrected chi connectivity index (χ0v) is 11.1. The number of para-hydroxylation sites is 1. The van der Waals surface area contributed by atoms with Crippen molar-refractivity contribution in [3.63, 3.8) is 0 Å². The van der Waals surface area contributed by atoms with Crippen molar-refractivity contribution in [3.8, 4) is 11.3 Å². The molecule has 100 valence electrons. The Kier molecular flexibility index (Phi) is 3.25. The van der Waals surface area contributed by atoms with Crippen molar-refractivity contribution in [1.29, 1.82) is 0 Å². The molecule has 0 aliphatic heterocycles. The minimum absolute atomic E-state index is 0.276. The van der Waals surface area contributed by atoms with Gasteiger partial charge in [0.1, 0.15) is 0 Å². The maximum absolute atomic E-state index is 11.1. The van der Waals surface area contributed by atoms with E-state index in [-0.39, 0.29) is 5.91 Å². The van der Waals surface area contributed by atoms with Crippen LogP contribution in [0.5, 0.6) is 0 Å². The Labute approximate surface area is 117 Å². The lowest BCUT2D eigenvalue weighted by Gasteiger charge is -2.09. The van der Waals surface area contributed by atoms with E-state index in [0.717, 1.165) is 16.8 Å². The number of fused-ring (bicyclic) bond motifs is 1. The number of nitrogens with zero attached hydrogens (tertiary/aromatic N) is 1.